The highest BCUT2D eigenvalue weighted by Gasteiger charge is 2.33. The average Bonchev–Trinajstić information content (AvgIpc) is 2.58. The van der Waals surface area contributed by atoms with Crippen molar-refractivity contribution in [3.63, 3.8) is 0 Å². The van der Waals surface area contributed by atoms with Crippen molar-refractivity contribution >= 4 is 34.7 Å². The van der Waals surface area contributed by atoms with Gasteiger partial charge in [-0.05, 0) is 23.7 Å². The molecule has 0 saturated carbocycles. The third kappa shape index (κ3) is 2.46. The van der Waals surface area contributed by atoms with E-state index in [9.17, 15) is 4.79 Å². The molecule has 1 fully saturated rings. The van der Waals surface area contributed by atoms with Crippen LogP contribution in [-0.4, -0.2) is 36.2 Å². The maximum atomic E-state index is 11.7. The van der Waals surface area contributed by atoms with Gasteiger partial charge in [0.25, 0.3) is 0 Å². The number of aliphatic imine (C=N–C) groups is 2. The lowest BCUT2D eigenvalue weighted by molar-refractivity contribution is -0.120. The number of carbonyl (C=O) groups is 1. The Morgan fingerprint density at radius 1 is 1.32 bits per heavy atom. The molecule has 1 aromatic rings. The minimum Gasteiger partial charge on any atom is -0.347 e. The lowest BCUT2D eigenvalue weighted by Crippen LogP contribution is -2.50. The first-order valence-corrected chi connectivity index (χ1v) is 6.50. The molecule has 2 unspecified atom stereocenters. The molecule has 1 N–H and O–H groups in total. The van der Waals surface area contributed by atoms with Crippen LogP contribution < -0.4 is 10.2 Å². The molecule has 1 saturated heterocycles. The number of anilines is 1. The zero-order valence-electron chi connectivity index (χ0n) is 10.2. The number of fused-ring (bicyclic) bond motifs is 1. The highest BCUT2D eigenvalue weighted by atomic mass is 35.5. The normalized spacial score (nSPS) is 26.3. The number of hydrogen-bond donors (Lipinski definition) is 1. The third-order valence-electron chi connectivity index (χ3n) is 3.22. The van der Waals surface area contributed by atoms with Crippen LogP contribution in [0.4, 0.5) is 5.69 Å². The summed E-state index contributed by atoms with van der Waals surface area (Å²) in [6.45, 7) is 0.610. The fourth-order valence-corrected chi connectivity index (χ4v) is 2.49. The number of halogens is 1. The van der Waals surface area contributed by atoms with Crippen LogP contribution in [0.3, 0.4) is 0 Å². The van der Waals surface area contributed by atoms with Gasteiger partial charge in [0, 0.05) is 24.9 Å². The van der Waals surface area contributed by atoms with Gasteiger partial charge in [-0.25, -0.2) is 9.98 Å². The minimum absolute atomic E-state index is 0.00750. The summed E-state index contributed by atoms with van der Waals surface area (Å²) in [6, 6.07) is 9.65. The number of rotatable bonds is 1. The van der Waals surface area contributed by atoms with Crippen molar-refractivity contribution in [2.24, 2.45) is 9.98 Å². The zero-order chi connectivity index (χ0) is 13.2. The number of carbonyl (C=O) groups excluding carboxylic acids is 1. The molecule has 6 heteroatoms. The lowest BCUT2D eigenvalue weighted by atomic mass is 10.2. The molecular weight excluding hydrogens is 264 g/mol. The van der Waals surface area contributed by atoms with E-state index in [1.165, 1.54) is 0 Å². The van der Waals surface area contributed by atoms with E-state index in [2.05, 4.69) is 20.2 Å². The van der Waals surface area contributed by atoms with E-state index >= 15 is 0 Å². The molecular formula is C13H13ClN4O. The van der Waals surface area contributed by atoms with Gasteiger partial charge in [-0.3, -0.25) is 4.79 Å². The van der Waals surface area contributed by atoms with E-state index in [0.29, 0.717) is 13.0 Å². The standard InChI is InChI=1S/C13H13ClN4O/c14-13-15-8-10-12(17-13)18(7-6-11(19)16-10)9-4-2-1-3-5-9/h1-5,8,10,12H,6-7H2,(H,16,19). The van der Waals surface area contributed by atoms with Gasteiger partial charge in [0.1, 0.15) is 12.2 Å². The predicted molar refractivity (Wildman–Crippen MR) is 75.9 cm³/mol. The van der Waals surface area contributed by atoms with Crippen LogP contribution in [0.2, 0.25) is 0 Å². The van der Waals surface area contributed by atoms with Crippen LogP contribution in [0.1, 0.15) is 6.42 Å². The quantitative estimate of drug-likeness (QED) is 0.788. The molecule has 2 atom stereocenters. The molecule has 98 valence electrons. The van der Waals surface area contributed by atoms with E-state index in [1.54, 1.807) is 6.21 Å². The summed E-state index contributed by atoms with van der Waals surface area (Å²) in [5.74, 6) is 0.00750. The molecule has 2 heterocycles. The molecule has 2 aliphatic heterocycles. The Morgan fingerprint density at radius 2 is 2.11 bits per heavy atom. The van der Waals surface area contributed by atoms with Crippen molar-refractivity contribution in [1.82, 2.24) is 5.32 Å². The Balaban J connectivity index is 1.97. The molecule has 3 rings (SSSR count). The topological polar surface area (TPSA) is 57.1 Å². The Morgan fingerprint density at radius 3 is 2.89 bits per heavy atom. The summed E-state index contributed by atoms with van der Waals surface area (Å²) in [7, 11) is 0. The monoisotopic (exact) mass is 276 g/mol. The molecule has 1 amide bonds. The summed E-state index contributed by atoms with van der Waals surface area (Å²) >= 11 is 5.89. The largest absolute Gasteiger partial charge is 0.347 e. The molecule has 5 nitrogen and oxygen atoms in total. The summed E-state index contributed by atoms with van der Waals surface area (Å²) in [6.07, 6.45) is 1.85. The maximum Gasteiger partial charge on any atom is 0.222 e. The van der Waals surface area contributed by atoms with Crippen molar-refractivity contribution in [3.05, 3.63) is 30.3 Å². The van der Waals surface area contributed by atoms with Crippen molar-refractivity contribution in [2.45, 2.75) is 18.6 Å². The highest BCUT2D eigenvalue weighted by molar-refractivity contribution is 6.65. The Labute approximate surface area is 116 Å². The van der Waals surface area contributed by atoms with Crippen LogP contribution in [0, 0.1) is 0 Å². The maximum absolute atomic E-state index is 11.7. The number of nitrogens with zero attached hydrogens (tertiary/aromatic N) is 3. The highest BCUT2D eigenvalue weighted by Crippen LogP contribution is 2.23. The Bertz CT molecular complexity index is 543. The Hall–Kier alpha value is -1.88. The van der Waals surface area contributed by atoms with Gasteiger partial charge in [-0.15, -0.1) is 0 Å². The summed E-state index contributed by atoms with van der Waals surface area (Å²) in [5.41, 5.74) is 1.03. The first-order chi connectivity index (χ1) is 9.24. The van der Waals surface area contributed by atoms with Gasteiger partial charge in [0.15, 0.2) is 0 Å². The summed E-state index contributed by atoms with van der Waals surface area (Å²) < 4.78 is 0. The lowest BCUT2D eigenvalue weighted by Gasteiger charge is -2.33. The van der Waals surface area contributed by atoms with Crippen LogP contribution in [0.25, 0.3) is 0 Å². The van der Waals surface area contributed by atoms with Crippen molar-refractivity contribution in [3.8, 4) is 0 Å². The van der Waals surface area contributed by atoms with Crippen LogP contribution in [0.15, 0.2) is 40.3 Å². The number of nitrogens with one attached hydrogen (secondary N) is 1. The number of hydrogen-bond acceptors (Lipinski definition) is 4. The molecule has 0 radical (unpaired) electrons. The SMILES string of the molecule is O=C1CCN(c2ccccc2)C2N=C(Cl)N=CC2N1. The predicted octanol–water partition coefficient (Wildman–Crippen LogP) is 1.39. The van der Waals surface area contributed by atoms with Gasteiger partial charge in [0.05, 0.1) is 0 Å². The molecule has 0 spiro atoms. The van der Waals surface area contributed by atoms with E-state index in [4.69, 9.17) is 11.6 Å². The van der Waals surface area contributed by atoms with Gasteiger partial charge < -0.3 is 10.2 Å². The van der Waals surface area contributed by atoms with Gasteiger partial charge in [-0.2, -0.15) is 0 Å². The van der Waals surface area contributed by atoms with E-state index in [0.717, 1.165) is 5.69 Å². The molecule has 1 aromatic carbocycles. The van der Waals surface area contributed by atoms with Crippen LogP contribution >= 0.6 is 11.6 Å². The van der Waals surface area contributed by atoms with Gasteiger partial charge in [-0.1, -0.05) is 18.2 Å². The van der Waals surface area contributed by atoms with Crippen molar-refractivity contribution < 1.29 is 4.79 Å². The first-order valence-electron chi connectivity index (χ1n) is 6.12. The molecule has 0 bridgehead atoms. The average molecular weight is 277 g/mol. The van der Waals surface area contributed by atoms with Crippen LogP contribution in [-0.2, 0) is 4.79 Å². The van der Waals surface area contributed by atoms with E-state index in [1.807, 2.05) is 30.3 Å². The number of para-hydroxylation sites is 1. The van der Waals surface area contributed by atoms with E-state index in [-0.39, 0.29) is 23.4 Å². The molecule has 0 aliphatic carbocycles. The fourth-order valence-electron chi connectivity index (χ4n) is 2.33. The number of amides is 1. The summed E-state index contributed by atoms with van der Waals surface area (Å²) in [4.78, 5) is 22.1. The number of amidine groups is 1. The second-order valence-corrected chi connectivity index (χ2v) is 4.80. The summed E-state index contributed by atoms with van der Waals surface area (Å²) in [5, 5.41) is 3.13. The third-order valence-corrected chi connectivity index (χ3v) is 3.41. The second kappa shape index (κ2) is 5.01. The first kappa shape index (κ1) is 12.2. The Kier molecular flexibility index (Phi) is 3.21. The molecule has 0 aromatic heterocycles. The molecule has 2 aliphatic rings. The second-order valence-electron chi connectivity index (χ2n) is 4.46. The number of benzene rings is 1. The van der Waals surface area contributed by atoms with E-state index < -0.39 is 0 Å². The van der Waals surface area contributed by atoms with Crippen molar-refractivity contribution in [1.29, 1.82) is 0 Å². The van der Waals surface area contributed by atoms with Gasteiger partial charge in [0.2, 0.25) is 11.2 Å². The van der Waals surface area contributed by atoms with Gasteiger partial charge >= 0.3 is 0 Å². The fraction of sp³-hybridized carbons (Fsp3) is 0.308. The molecule has 19 heavy (non-hydrogen) atoms. The smallest absolute Gasteiger partial charge is 0.222 e. The zero-order valence-corrected chi connectivity index (χ0v) is 10.9. The van der Waals surface area contributed by atoms with Crippen molar-refractivity contribution in [2.75, 3.05) is 11.4 Å². The minimum atomic E-state index is -0.238. The van der Waals surface area contributed by atoms with Crippen LogP contribution in [0.5, 0.6) is 0 Å².